The van der Waals surface area contributed by atoms with Crippen LogP contribution in [0.25, 0.3) is 0 Å². The summed E-state index contributed by atoms with van der Waals surface area (Å²) in [6, 6.07) is 22.8. The number of rotatable bonds is 11. The summed E-state index contributed by atoms with van der Waals surface area (Å²) in [6.45, 7) is 8.78. The molecule has 3 aromatic carbocycles. The number of benzene rings is 3. The lowest BCUT2D eigenvalue weighted by atomic mass is 10.0. The highest BCUT2D eigenvalue weighted by atomic mass is 79.9. The number of hydrogen-bond donors (Lipinski definition) is 1. The molecule has 190 valence electrons. The molecule has 1 atom stereocenters. The summed E-state index contributed by atoms with van der Waals surface area (Å²) >= 11 is 3.52. The van der Waals surface area contributed by atoms with Crippen LogP contribution in [0, 0.1) is 19.8 Å². The van der Waals surface area contributed by atoms with Crippen LogP contribution in [0.3, 0.4) is 0 Å². The Labute approximate surface area is 223 Å². The lowest BCUT2D eigenvalue weighted by Crippen LogP contribution is -2.52. The zero-order chi connectivity index (χ0) is 26.1. The quantitative estimate of drug-likeness (QED) is 0.325. The van der Waals surface area contributed by atoms with Crippen molar-refractivity contribution in [3.63, 3.8) is 0 Å². The Morgan fingerprint density at radius 3 is 2.22 bits per heavy atom. The SMILES string of the molecule is Cc1cc(C)cc(OCC(=O)N(Cc2cccc(Br)c2)C(Cc2ccccc2)C(=O)NCC(C)C)c1. The van der Waals surface area contributed by atoms with Crippen molar-refractivity contribution in [3.8, 4) is 5.75 Å². The summed E-state index contributed by atoms with van der Waals surface area (Å²) < 4.78 is 6.84. The van der Waals surface area contributed by atoms with Gasteiger partial charge in [0.25, 0.3) is 5.91 Å². The summed E-state index contributed by atoms with van der Waals surface area (Å²) in [5.74, 6) is 0.539. The van der Waals surface area contributed by atoms with Gasteiger partial charge in [-0.3, -0.25) is 9.59 Å². The van der Waals surface area contributed by atoms with Gasteiger partial charge in [0.2, 0.25) is 5.91 Å². The third-order valence-electron chi connectivity index (χ3n) is 5.76. The summed E-state index contributed by atoms with van der Waals surface area (Å²) in [7, 11) is 0. The van der Waals surface area contributed by atoms with Gasteiger partial charge in [0, 0.05) is 24.0 Å². The molecule has 1 unspecified atom stereocenters. The van der Waals surface area contributed by atoms with E-state index >= 15 is 0 Å². The van der Waals surface area contributed by atoms with Crippen LogP contribution < -0.4 is 10.1 Å². The molecule has 6 heteroatoms. The molecule has 0 saturated carbocycles. The Bertz CT molecular complexity index is 1140. The van der Waals surface area contributed by atoms with E-state index in [-0.39, 0.29) is 18.4 Å². The van der Waals surface area contributed by atoms with Crippen molar-refractivity contribution >= 4 is 27.7 Å². The van der Waals surface area contributed by atoms with Gasteiger partial charge in [-0.25, -0.2) is 0 Å². The van der Waals surface area contributed by atoms with Crippen molar-refractivity contribution in [3.05, 3.63) is 99.5 Å². The van der Waals surface area contributed by atoms with Gasteiger partial charge in [-0.1, -0.05) is 78.3 Å². The van der Waals surface area contributed by atoms with Crippen molar-refractivity contribution in [2.45, 2.75) is 46.7 Å². The lowest BCUT2D eigenvalue weighted by molar-refractivity contribution is -0.142. The number of nitrogens with zero attached hydrogens (tertiary/aromatic N) is 1. The smallest absolute Gasteiger partial charge is 0.261 e. The zero-order valence-electron chi connectivity index (χ0n) is 21.5. The van der Waals surface area contributed by atoms with E-state index in [0.29, 0.717) is 31.2 Å². The standard InChI is InChI=1S/C30H35BrN2O3/c1-21(2)18-32-30(35)28(17-24-9-6-5-7-10-24)33(19-25-11-8-12-26(31)16-25)29(34)20-36-27-14-22(3)13-23(4)15-27/h5-16,21,28H,17-20H2,1-4H3,(H,32,35). The highest BCUT2D eigenvalue weighted by molar-refractivity contribution is 9.10. The zero-order valence-corrected chi connectivity index (χ0v) is 23.0. The first-order valence-electron chi connectivity index (χ1n) is 12.3. The van der Waals surface area contributed by atoms with Crippen LogP contribution in [0.15, 0.2) is 77.3 Å². The Kier molecular flexibility index (Phi) is 10.1. The molecule has 0 aliphatic carbocycles. The van der Waals surface area contributed by atoms with Crippen molar-refractivity contribution in [1.82, 2.24) is 10.2 Å². The van der Waals surface area contributed by atoms with Gasteiger partial charge in [0.1, 0.15) is 11.8 Å². The Morgan fingerprint density at radius 2 is 1.58 bits per heavy atom. The normalized spacial score (nSPS) is 11.7. The van der Waals surface area contributed by atoms with Crippen LogP contribution in [0.2, 0.25) is 0 Å². The Balaban J connectivity index is 1.91. The van der Waals surface area contributed by atoms with E-state index < -0.39 is 6.04 Å². The van der Waals surface area contributed by atoms with E-state index in [9.17, 15) is 9.59 Å². The summed E-state index contributed by atoms with van der Waals surface area (Å²) in [5, 5.41) is 3.04. The molecule has 3 aromatic rings. The van der Waals surface area contributed by atoms with Gasteiger partial charge in [0.15, 0.2) is 6.61 Å². The average Bonchev–Trinajstić information content (AvgIpc) is 2.83. The van der Waals surface area contributed by atoms with Gasteiger partial charge in [-0.2, -0.15) is 0 Å². The Hall–Kier alpha value is -3.12. The maximum Gasteiger partial charge on any atom is 0.261 e. The second-order valence-electron chi connectivity index (χ2n) is 9.61. The summed E-state index contributed by atoms with van der Waals surface area (Å²) in [4.78, 5) is 28.8. The van der Waals surface area contributed by atoms with Crippen molar-refractivity contribution < 1.29 is 14.3 Å². The fourth-order valence-corrected chi connectivity index (χ4v) is 4.50. The van der Waals surface area contributed by atoms with Crippen molar-refractivity contribution in [1.29, 1.82) is 0 Å². The van der Waals surface area contributed by atoms with Gasteiger partial charge in [-0.15, -0.1) is 0 Å². The van der Waals surface area contributed by atoms with E-state index in [1.54, 1.807) is 4.90 Å². The van der Waals surface area contributed by atoms with Crippen LogP contribution in [-0.2, 0) is 22.6 Å². The predicted octanol–water partition coefficient (Wildman–Crippen LogP) is 5.86. The van der Waals surface area contributed by atoms with Crippen molar-refractivity contribution in [2.24, 2.45) is 5.92 Å². The molecule has 36 heavy (non-hydrogen) atoms. The minimum absolute atomic E-state index is 0.153. The monoisotopic (exact) mass is 550 g/mol. The summed E-state index contributed by atoms with van der Waals surface area (Å²) in [6.07, 6.45) is 0.411. The number of carbonyl (C=O) groups excluding carboxylic acids is 2. The van der Waals surface area contributed by atoms with Crippen LogP contribution >= 0.6 is 15.9 Å². The molecule has 1 N–H and O–H groups in total. The number of hydrogen-bond acceptors (Lipinski definition) is 3. The van der Waals surface area contributed by atoms with Gasteiger partial charge in [-0.05, 0) is 66.3 Å². The predicted molar refractivity (Wildman–Crippen MR) is 148 cm³/mol. The third-order valence-corrected chi connectivity index (χ3v) is 6.25. The molecule has 0 aliphatic heterocycles. The number of halogens is 1. The van der Waals surface area contributed by atoms with Crippen LogP contribution in [0.1, 0.15) is 36.1 Å². The molecule has 0 bridgehead atoms. The number of aryl methyl sites for hydroxylation is 2. The van der Waals surface area contributed by atoms with Gasteiger partial charge in [0.05, 0.1) is 0 Å². The van der Waals surface area contributed by atoms with E-state index in [0.717, 1.165) is 26.7 Å². The molecular formula is C30H35BrN2O3. The van der Waals surface area contributed by atoms with Gasteiger partial charge >= 0.3 is 0 Å². The number of ether oxygens (including phenoxy) is 1. The van der Waals surface area contributed by atoms with Crippen LogP contribution in [0.5, 0.6) is 5.75 Å². The number of nitrogens with one attached hydrogen (secondary N) is 1. The molecule has 0 heterocycles. The van der Waals surface area contributed by atoms with Gasteiger partial charge < -0.3 is 15.0 Å². The average molecular weight is 552 g/mol. The van der Waals surface area contributed by atoms with E-state index in [1.165, 1.54) is 0 Å². The molecule has 0 spiro atoms. The number of carbonyl (C=O) groups is 2. The fraction of sp³-hybridized carbons (Fsp3) is 0.333. The number of amides is 2. The van der Waals surface area contributed by atoms with Crippen molar-refractivity contribution in [2.75, 3.05) is 13.2 Å². The largest absolute Gasteiger partial charge is 0.484 e. The molecule has 3 rings (SSSR count). The van der Waals surface area contributed by atoms with Crippen LogP contribution in [0.4, 0.5) is 0 Å². The van der Waals surface area contributed by atoms with E-state index in [2.05, 4.69) is 41.2 Å². The highest BCUT2D eigenvalue weighted by Gasteiger charge is 2.30. The first kappa shape index (κ1) is 27.5. The molecule has 0 fully saturated rings. The first-order valence-corrected chi connectivity index (χ1v) is 13.1. The third kappa shape index (κ3) is 8.52. The highest BCUT2D eigenvalue weighted by Crippen LogP contribution is 2.20. The minimum Gasteiger partial charge on any atom is -0.484 e. The van der Waals surface area contributed by atoms with E-state index in [4.69, 9.17) is 4.74 Å². The maximum absolute atomic E-state index is 13.7. The second kappa shape index (κ2) is 13.3. The molecule has 5 nitrogen and oxygen atoms in total. The molecular weight excluding hydrogens is 516 g/mol. The topological polar surface area (TPSA) is 58.6 Å². The van der Waals surface area contributed by atoms with Crippen LogP contribution in [-0.4, -0.2) is 35.9 Å². The molecule has 0 aliphatic rings. The fourth-order valence-electron chi connectivity index (χ4n) is 4.05. The van der Waals surface area contributed by atoms with E-state index in [1.807, 2.05) is 80.6 Å². The molecule has 0 saturated heterocycles. The summed E-state index contributed by atoms with van der Waals surface area (Å²) in [5.41, 5.74) is 4.06. The molecule has 2 amide bonds. The molecule has 0 aromatic heterocycles. The lowest BCUT2D eigenvalue weighted by Gasteiger charge is -2.31. The maximum atomic E-state index is 13.7. The minimum atomic E-state index is -0.680. The molecule has 0 radical (unpaired) electrons. The Morgan fingerprint density at radius 1 is 0.917 bits per heavy atom. The second-order valence-corrected chi connectivity index (χ2v) is 10.5. The first-order chi connectivity index (χ1) is 17.2.